The number of hydrogen-bond acceptors (Lipinski definition) is 4. The van der Waals surface area contributed by atoms with Crippen molar-refractivity contribution in [1.29, 1.82) is 0 Å². The molecule has 0 atom stereocenters. The predicted octanol–water partition coefficient (Wildman–Crippen LogP) is 0.931. The molecule has 0 amide bonds. The van der Waals surface area contributed by atoms with E-state index in [0.717, 1.165) is 25.9 Å². The van der Waals surface area contributed by atoms with E-state index in [2.05, 4.69) is 22.0 Å². The average Bonchev–Trinajstić information content (AvgIpc) is 2.84. The first-order valence-electron chi connectivity index (χ1n) is 6.59. The fourth-order valence-corrected chi connectivity index (χ4v) is 2.17. The zero-order valence-corrected chi connectivity index (χ0v) is 10.9. The summed E-state index contributed by atoms with van der Waals surface area (Å²) in [4.78, 5) is 4.90. The Kier molecular flexibility index (Phi) is 6.96. The molecule has 0 saturated carbocycles. The lowest BCUT2D eigenvalue weighted by Crippen LogP contribution is -2.32. The molecule has 3 N–H and O–H groups in total. The summed E-state index contributed by atoms with van der Waals surface area (Å²) in [6, 6.07) is 0. The van der Waals surface area contributed by atoms with E-state index in [9.17, 15) is 0 Å². The quantitative estimate of drug-likeness (QED) is 0.218. The molecular weight excluding hydrogens is 216 g/mol. The standard InChI is InChI=1S/C12H26N4O/c1-15(7-3-2-6-12(13)14-17)10-11-16-8-4-5-9-16/h17H,2-11H2,1H3,(H2,13,14). The summed E-state index contributed by atoms with van der Waals surface area (Å²) in [6.45, 7) is 5.97. The Labute approximate surface area is 104 Å². The van der Waals surface area contributed by atoms with E-state index in [4.69, 9.17) is 10.9 Å². The average molecular weight is 242 g/mol. The number of oxime groups is 1. The number of unbranched alkanes of at least 4 members (excludes halogenated alkanes) is 1. The molecule has 0 radical (unpaired) electrons. The molecule has 5 heteroatoms. The number of amidine groups is 1. The number of rotatable bonds is 8. The van der Waals surface area contributed by atoms with Gasteiger partial charge in [0.1, 0.15) is 5.84 Å². The zero-order chi connectivity index (χ0) is 12.5. The van der Waals surface area contributed by atoms with Crippen molar-refractivity contribution in [1.82, 2.24) is 9.80 Å². The lowest BCUT2D eigenvalue weighted by molar-refractivity contribution is 0.254. The second-order valence-corrected chi connectivity index (χ2v) is 4.90. The van der Waals surface area contributed by atoms with E-state index in [-0.39, 0.29) is 0 Å². The summed E-state index contributed by atoms with van der Waals surface area (Å²) in [5, 5.41) is 11.4. The van der Waals surface area contributed by atoms with Crippen molar-refractivity contribution < 1.29 is 5.21 Å². The van der Waals surface area contributed by atoms with E-state index < -0.39 is 0 Å². The van der Waals surface area contributed by atoms with Gasteiger partial charge in [0.15, 0.2) is 0 Å². The van der Waals surface area contributed by atoms with E-state index >= 15 is 0 Å². The van der Waals surface area contributed by atoms with Crippen LogP contribution >= 0.6 is 0 Å². The van der Waals surface area contributed by atoms with Crippen LogP contribution in [0.2, 0.25) is 0 Å². The van der Waals surface area contributed by atoms with Crippen LogP contribution in [0.5, 0.6) is 0 Å². The van der Waals surface area contributed by atoms with Crippen LogP contribution in [0.4, 0.5) is 0 Å². The van der Waals surface area contributed by atoms with Crippen molar-refractivity contribution in [3.8, 4) is 0 Å². The molecule has 1 fully saturated rings. The van der Waals surface area contributed by atoms with Gasteiger partial charge in [-0.3, -0.25) is 0 Å². The molecule has 1 saturated heterocycles. The first-order chi connectivity index (χ1) is 8.22. The largest absolute Gasteiger partial charge is 0.409 e. The number of likely N-dealkylation sites (N-methyl/N-ethyl adjacent to an activating group) is 1. The molecule has 100 valence electrons. The van der Waals surface area contributed by atoms with Crippen LogP contribution in [0.3, 0.4) is 0 Å². The van der Waals surface area contributed by atoms with Gasteiger partial charge < -0.3 is 20.7 Å². The van der Waals surface area contributed by atoms with Crippen LogP contribution in [0.15, 0.2) is 5.16 Å². The lowest BCUT2D eigenvalue weighted by Gasteiger charge is -2.21. The van der Waals surface area contributed by atoms with Crippen molar-refractivity contribution in [3.63, 3.8) is 0 Å². The maximum absolute atomic E-state index is 8.40. The Bertz CT molecular complexity index is 227. The van der Waals surface area contributed by atoms with E-state index in [1.165, 1.54) is 32.5 Å². The van der Waals surface area contributed by atoms with Gasteiger partial charge in [0.05, 0.1) is 0 Å². The zero-order valence-electron chi connectivity index (χ0n) is 10.9. The topological polar surface area (TPSA) is 65.1 Å². The SMILES string of the molecule is CN(CCCCC(N)=NO)CCN1CCCC1. The number of hydrogen-bond donors (Lipinski definition) is 2. The predicted molar refractivity (Wildman–Crippen MR) is 70.4 cm³/mol. The monoisotopic (exact) mass is 242 g/mol. The van der Waals surface area contributed by atoms with Crippen molar-refractivity contribution in [2.75, 3.05) is 39.8 Å². The minimum atomic E-state index is 0.338. The molecule has 0 unspecified atom stereocenters. The van der Waals surface area contributed by atoms with Crippen LogP contribution in [0, 0.1) is 0 Å². The molecule has 1 aliphatic heterocycles. The molecule has 5 nitrogen and oxygen atoms in total. The van der Waals surface area contributed by atoms with Gasteiger partial charge in [0.2, 0.25) is 0 Å². The number of nitrogens with two attached hydrogens (primary N) is 1. The first kappa shape index (κ1) is 14.3. The minimum absolute atomic E-state index is 0.338. The maximum atomic E-state index is 8.40. The molecule has 0 aliphatic carbocycles. The molecule has 0 aromatic carbocycles. The van der Waals surface area contributed by atoms with Crippen molar-refractivity contribution in [2.24, 2.45) is 10.9 Å². The van der Waals surface area contributed by atoms with E-state index in [1.54, 1.807) is 0 Å². The smallest absolute Gasteiger partial charge is 0.139 e. The Morgan fingerprint density at radius 3 is 2.65 bits per heavy atom. The highest BCUT2D eigenvalue weighted by molar-refractivity contribution is 5.79. The van der Waals surface area contributed by atoms with Gasteiger partial charge in [-0.15, -0.1) is 0 Å². The van der Waals surface area contributed by atoms with Crippen molar-refractivity contribution in [3.05, 3.63) is 0 Å². The second-order valence-electron chi connectivity index (χ2n) is 4.90. The van der Waals surface area contributed by atoms with Gasteiger partial charge in [0, 0.05) is 19.5 Å². The van der Waals surface area contributed by atoms with Crippen molar-refractivity contribution in [2.45, 2.75) is 32.1 Å². The minimum Gasteiger partial charge on any atom is -0.409 e. The highest BCUT2D eigenvalue weighted by Gasteiger charge is 2.11. The Morgan fingerprint density at radius 2 is 2.00 bits per heavy atom. The van der Waals surface area contributed by atoms with E-state index in [1.807, 2.05) is 0 Å². The Balaban J connectivity index is 1.95. The van der Waals surface area contributed by atoms with Crippen molar-refractivity contribution >= 4 is 5.84 Å². The summed E-state index contributed by atoms with van der Waals surface area (Å²) in [6.07, 6.45) is 5.51. The Morgan fingerprint density at radius 1 is 1.29 bits per heavy atom. The molecule has 17 heavy (non-hydrogen) atoms. The summed E-state index contributed by atoms with van der Waals surface area (Å²) in [5.41, 5.74) is 5.41. The molecule has 0 aromatic heterocycles. The fourth-order valence-electron chi connectivity index (χ4n) is 2.17. The number of likely N-dealkylation sites (tertiary alicyclic amines) is 1. The third-order valence-corrected chi connectivity index (χ3v) is 3.35. The van der Waals surface area contributed by atoms with Crippen LogP contribution in [-0.2, 0) is 0 Å². The van der Waals surface area contributed by atoms with Gasteiger partial charge in [0.25, 0.3) is 0 Å². The number of nitrogens with zero attached hydrogens (tertiary/aromatic N) is 3. The second kappa shape index (κ2) is 8.31. The highest BCUT2D eigenvalue weighted by atomic mass is 16.4. The molecule has 1 rings (SSSR count). The first-order valence-corrected chi connectivity index (χ1v) is 6.59. The van der Waals surface area contributed by atoms with Crippen LogP contribution < -0.4 is 5.73 Å². The van der Waals surface area contributed by atoms with Gasteiger partial charge in [-0.1, -0.05) is 5.16 Å². The highest BCUT2D eigenvalue weighted by Crippen LogP contribution is 2.06. The molecule has 0 bridgehead atoms. The molecular formula is C12H26N4O. The van der Waals surface area contributed by atoms with Gasteiger partial charge in [-0.25, -0.2) is 0 Å². The van der Waals surface area contributed by atoms with E-state index in [0.29, 0.717) is 12.3 Å². The molecule has 0 aromatic rings. The molecule has 0 spiro atoms. The van der Waals surface area contributed by atoms with Gasteiger partial charge in [-0.05, 0) is 52.4 Å². The summed E-state index contributed by atoms with van der Waals surface area (Å²) < 4.78 is 0. The van der Waals surface area contributed by atoms with Crippen LogP contribution in [0.1, 0.15) is 32.1 Å². The summed E-state index contributed by atoms with van der Waals surface area (Å²) >= 11 is 0. The summed E-state index contributed by atoms with van der Waals surface area (Å²) in [5.74, 6) is 0.338. The fraction of sp³-hybridized carbons (Fsp3) is 0.917. The summed E-state index contributed by atoms with van der Waals surface area (Å²) in [7, 11) is 2.17. The Hall–Kier alpha value is -0.810. The van der Waals surface area contributed by atoms with Gasteiger partial charge in [-0.2, -0.15) is 0 Å². The maximum Gasteiger partial charge on any atom is 0.139 e. The van der Waals surface area contributed by atoms with Crippen LogP contribution in [0.25, 0.3) is 0 Å². The molecule has 1 heterocycles. The molecule has 1 aliphatic rings. The normalized spacial score (nSPS) is 18.1. The third-order valence-electron chi connectivity index (χ3n) is 3.35. The van der Waals surface area contributed by atoms with Gasteiger partial charge >= 0.3 is 0 Å². The lowest BCUT2D eigenvalue weighted by atomic mass is 10.2. The van der Waals surface area contributed by atoms with Crippen LogP contribution in [-0.4, -0.2) is 60.6 Å². The third kappa shape index (κ3) is 6.48.